The number of ether oxygens (including phenoxy) is 2. The lowest BCUT2D eigenvalue weighted by atomic mass is 9.97. The first-order valence-electron chi connectivity index (χ1n) is 15.3. The fourth-order valence-corrected chi connectivity index (χ4v) is 6.60. The molecule has 1 aliphatic rings. The summed E-state index contributed by atoms with van der Waals surface area (Å²) in [7, 11) is -3.59. The second kappa shape index (κ2) is 15.0. The SMILES string of the molecule is CCCCCCC(CC)c1nc(C)c2c(=O)[nH]c(-c3cc(NS(=O)(=O)CCCN4CCOCC4)ccc3OCC)nn12. The van der Waals surface area contributed by atoms with Crippen LogP contribution in [-0.2, 0) is 14.8 Å². The lowest BCUT2D eigenvalue weighted by Crippen LogP contribution is -2.37. The van der Waals surface area contributed by atoms with E-state index in [-0.39, 0.29) is 17.2 Å². The molecule has 0 bridgehead atoms. The number of aryl methyl sites for hydroxylation is 1. The molecule has 3 heterocycles. The van der Waals surface area contributed by atoms with Crippen LogP contribution in [0.4, 0.5) is 5.69 Å². The zero-order valence-corrected chi connectivity index (χ0v) is 26.3. The number of rotatable bonds is 16. The second-order valence-electron chi connectivity index (χ2n) is 10.9. The highest BCUT2D eigenvalue weighted by atomic mass is 32.2. The Hall–Kier alpha value is -2.96. The van der Waals surface area contributed by atoms with E-state index >= 15 is 0 Å². The van der Waals surface area contributed by atoms with Crippen LogP contribution in [0, 0.1) is 6.92 Å². The minimum atomic E-state index is -3.59. The molecule has 232 valence electrons. The van der Waals surface area contributed by atoms with E-state index in [9.17, 15) is 13.2 Å². The van der Waals surface area contributed by atoms with E-state index < -0.39 is 10.0 Å². The fourth-order valence-electron chi connectivity index (χ4n) is 5.51. The van der Waals surface area contributed by atoms with Crippen LogP contribution in [-0.4, -0.2) is 78.1 Å². The molecule has 0 spiro atoms. The molecule has 0 radical (unpaired) electrons. The van der Waals surface area contributed by atoms with E-state index in [0.29, 0.717) is 66.8 Å². The molecule has 0 aliphatic carbocycles. The number of benzene rings is 1. The number of morpholine rings is 1. The second-order valence-corrected chi connectivity index (χ2v) is 12.8. The van der Waals surface area contributed by atoms with Gasteiger partial charge in [-0.2, -0.15) is 0 Å². The number of H-pyrrole nitrogens is 1. The summed E-state index contributed by atoms with van der Waals surface area (Å²) < 4.78 is 41.5. The van der Waals surface area contributed by atoms with E-state index in [1.54, 1.807) is 22.7 Å². The average molecular weight is 603 g/mol. The van der Waals surface area contributed by atoms with Gasteiger partial charge in [-0.1, -0.05) is 39.5 Å². The van der Waals surface area contributed by atoms with E-state index in [4.69, 9.17) is 19.6 Å². The first kappa shape index (κ1) is 32.0. The van der Waals surface area contributed by atoms with Crippen molar-refractivity contribution in [2.75, 3.05) is 49.9 Å². The van der Waals surface area contributed by atoms with Gasteiger partial charge in [0.05, 0.1) is 36.8 Å². The maximum absolute atomic E-state index is 13.3. The predicted octanol–water partition coefficient (Wildman–Crippen LogP) is 4.72. The summed E-state index contributed by atoms with van der Waals surface area (Å²) >= 11 is 0. The Labute approximate surface area is 249 Å². The number of anilines is 1. The zero-order valence-electron chi connectivity index (χ0n) is 25.4. The van der Waals surface area contributed by atoms with Gasteiger partial charge >= 0.3 is 0 Å². The maximum atomic E-state index is 13.3. The molecule has 1 unspecified atom stereocenters. The summed E-state index contributed by atoms with van der Waals surface area (Å²) in [5, 5.41) is 4.85. The molecule has 3 aromatic rings. The minimum absolute atomic E-state index is 0.00226. The van der Waals surface area contributed by atoms with Crippen LogP contribution < -0.4 is 15.0 Å². The number of sulfonamides is 1. The van der Waals surface area contributed by atoms with Crippen molar-refractivity contribution in [2.45, 2.75) is 78.6 Å². The highest BCUT2D eigenvalue weighted by Crippen LogP contribution is 2.32. The Kier molecular flexibility index (Phi) is 11.4. The van der Waals surface area contributed by atoms with E-state index in [1.165, 1.54) is 19.3 Å². The first-order valence-corrected chi connectivity index (χ1v) is 17.0. The van der Waals surface area contributed by atoms with Gasteiger partial charge in [0.25, 0.3) is 5.56 Å². The van der Waals surface area contributed by atoms with Crippen molar-refractivity contribution in [2.24, 2.45) is 0 Å². The topological polar surface area (TPSA) is 131 Å². The van der Waals surface area contributed by atoms with Crippen LogP contribution in [0.25, 0.3) is 16.9 Å². The molecule has 0 saturated carbocycles. The molecular weight excluding hydrogens is 556 g/mol. The molecule has 12 heteroatoms. The summed E-state index contributed by atoms with van der Waals surface area (Å²) in [5.41, 5.74) is 1.65. The van der Waals surface area contributed by atoms with Crippen LogP contribution in [0.1, 0.15) is 83.2 Å². The molecule has 1 aromatic carbocycles. The van der Waals surface area contributed by atoms with Crippen molar-refractivity contribution in [1.29, 1.82) is 0 Å². The van der Waals surface area contributed by atoms with Crippen molar-refractivity contribution in [3.8, 4) is 17.1 Å². The quantitative estimate of drug-likeness (QED) is 0.225. The number of hydrogen-bond donors (Lipinski definition) is 2. The number of nitrogens with zero attached hydrogens (tertiary/aromatic N) is 4. The van der Waals surface area contributed by atoms with Gasteiger partial charge < -0.3 is 14.5 Å². The van der Waals surface area contributed by atoms with Crippen LogP contribution in [0.15, 0.2) is 23.0 Å². The number of aromatic amines is 1. The molecular formula is C30H46N6O5S. The smallest absolute Gasteiger partial charge is 0.277 e. The predicted molar refractivity (Wildman–Crippen MR) is 166 cm³/mol. The summed E-state index contributed by atoms with van der Waals surface area (Å²) in [5.74, 6) is 1.75. The molecule has 11 nitrogen and oxygen atoms in total. The summed E-state index contributed by atoms with van der Waals surface area (Å²) in [6, 6.07) is 5.04. The Balaban J connectivity index is 1.62. The average Bonchev–Trinajstić information content (AvgIpc) is 3.30. The van der Waals surface area contributed by atoms with E-state index in [1.807, 2.05) is 13.8 Å². The molecule has 2 aromatic heterocycles. The standard InChI is InChI=1S/C30H46N6O5S/c1-5-8-9-10-12-23(6-2)29-31-22(4)27-30(37)32-28(33-36(27)29)25-21-24(13-14-26(25)41-7-3)34-42(38,39)20-11-15-35-16-18-40-19-17-35/h13-14,21,23,34H,5-12,15-20H2,1-4H3,(H,32,33,37). The molecule has 2 N–H and O–H groups in total. The maximum Gasteiger partial charge on any atom is 0.277 e. The van der Waals surface area contributed by atoms with Crippen molar-refractivity contribution < 1.29 is 17.9 Å². The van der Waals surface area contributed by atoms with Crippen molar-refractivity contribution in [3.05, 3.63) is 40.1 Å². The van der Waals surface area contributed by atoms with Gasteiger partial charge in [0.1, 0.15) is 11.6 Å². The minimum Gasteiger partial charge on any atom is -0.493 e. The summed E-state index contributed by atoms with van der Waals surface area (Å²) in [6.07, 6.45) is 7.03. The number of fused-ring (bicyclic) bond motifs is 1. The molecule has 0 amide bonds. The van der Waals surface area contributed by atoms with Gasteiger partial charge in [0.2, 0.25) is 10.0 Å². The van der Waals surface area contributed by atoms with Crippen LogP contribution in [0.2, 0.25) is 0 Å². The first-order chi connectivity index (χ1) is 20.3. The largest absolute Gasteiger partial charge is 0.493 e. The van der Waals surface area contributed by atoms with Crippen LogP contribution >= 0.6 is 0 Å². The summed E-state index contributed by atoms with van der Waals surface area (Å²) in [4.78, 5) is 23.2. The third kappa shape index (κ3) is 8.11. The third-order valence-corrected chi connectivity index (χ3v) is 9.14. The Morgan fingerprint density at radius 2 is 1.90 bits per heavy atom. The fraction of sp³-hybridized carbons (Fsp3) is 0.633. The molecule has 1 atom stereocenters. The number of unbranched alkanes of at least 4 members (excludes halogenated alkanes) is 3. The monoisotopic (exact) mass is 602 g/mol. The Morgan fingerprint density at radius 3 is 2.62 bits per heavy atom. The lowest BCUT2D eigenvalue weighted by molar-refractivity contribution is 0.0381. The Bertz CT molecular complexity index is 1480. The summed E-state index contributed by atoms with van der Waals surface area (Å²) in [6.45, 7) is 12.1. The number of hydrogen-bond acceptors (Lipinski definition) is 8. The normalized spacial score (nSPS) is 15.2. The lowest BCUT2D eigenvalue weighted by Gasteiger charge is -2.26. The zero-order chi connectivity index (χ0) is 30.1. The highest BCUT2D eigenvalue weighted by molar-refractivity contribution is 7.92. The molecule has 42 heavy (non-hydrogen) atoms. The van der Waals surface area contributed by atoms with Crippen LogP contribution in [0.3, 0.4) is 0 Å². The van der Waals surface area contributed by atoms with Crippen molar-refractivity contribution >= 4 is 21.2 Å². The van der Waals surface area contributed by atoms with Gasteiger partial charge in [-0.05, 0) is 57.9 Å². The number of imidazole rings is 1. The number of aromatic nitrogens is 4. The van der Waals surface area contributed by atoms with Gasteiger partial charge in [-0.15, -0.1) is 5.10 Å². The molecule has 4 rings (SSSR count). The van der Waals surface area contributed by atoms with Crippen LogP contribution in [0.5, 0.6) is 5.75 Å². The molecule has 1 saturated heterocycles. The van der Waals surface area contributed by atoms with Gasteiger partial charge in [0.15, 0.2) is 11.3 Å². The van der Waals surface area contributed by atoms with Crippen molar-refractivity contribution in [3.63, 3.8) is 0 Å². The molecule has 1 fully saturated rings. The van der Waals surface area contributed by atoms with Gasteiger partial charge in [0, 0.05) is 24.7 Å². The van der Waals surface area contributed by atoms with E-state index in [0.717, 1.165) is 38.2 Å². The van der Waals surface area contributed by atoms with Gasteiger partial charge in [-0.3, -0.25) is 14.4 Å². The highest BCUT2D eigenvalue weighted by Gasteiger charge is 2.22. The number of nitrogens with one attached hydrogen (secondary N) is 2. The van der Waals surface area contributed by atoms with Crippen molar-refractivity contribution in [1.82, 2.24) is 24.5 Å². The Morgan fingerprint density at radius 1 is 1.12 bits per heavy atom. The van der Waals surface area contributed by atoms with Gasteiger partial charge in [-0.25, -0.2) is 17.9 Å². The molecule has 1 aliphatic heterocycles. The third-order valence-electron chi connectivity index (χ3n) is 7.76. The van der Waals surface area contributed by atoms with E-state index in [2.05, 4.69) is 28.5 Å².